The molecule has 0 spiro atoms. The van der Waals surface area contributed by atoms with Crippen LogP contribution in [-0.2, 0) is 9.84 Å². The summed E-state index contributed by atoms with van der Waals surface area (Å²) in [5.74, 6) is 0. The minimum atomic E-state index is -3.40. The second-order valence-electron chi connectivity index (χ2n) is 4.06. The van der Waals surface area contributed by atoms with Gasteiger partial charge < -0.3 is 5.11 Å². The Kier molecular flexibility index (Phi) is 3.97. The molecule has 92 valence electrons. The summed E-state index contributed by atoms with van der Waals surface area (Å²) in [4.78, 5) is 0. The second-order valence-corrected chi connectivity index (χ2v) is 8.94. The van der Waals surface area contributed by atoms with E-state index in [4.69, 9.17) is 23.2 Å². The second kappa shape index (κ2) is 4.46. The van der Waals surface area contributed by atoms with E-state index in [-0.39, 0.29) is 0 Å². The highest BCUT2D eigenvalue weighted by molar-refractivity contribution is 7.92. The third-order valence-electron chi connectivity index (χ3n) is 2.59. The number of sulfone groups is 1. The molecule has 0 bridgehead atoms. The van der Waals surface area contributed by atoms with E-state index in [2.05, 4.69) is 0 Å². The summed E-state index contributed by atoms with van der Waals surface area (Å²) in [6.45, 7) is 2.91. The number of halogens is 2. The van der Waals surface area contributed by atoms with Gasteiger partial charge in [0.25, 0.3) is 0 Å². The molecule has 0 aliphatic rings. The van der Waals surface area contributed by atoms with Gasteiger partial charge in [0.05, 0.1) is 9.08 Å². The molecule has 0 aliphatic heterocycles. The summed E-state index contributed by atoms with van der Waals surface area (Å²) >= 11 is 12.7. The van der Waals surface area contributed by atoms with Crippen LogP contribution in [0, 0.1) is 0 Å². The molecule has 3 nitrogen and oxygen atoms in total. The predicted octanol–water partition coefficient (Wildman–Crippen LogP) is 2.91. The number of thiophene rings is 1. The van der Waals surface area contributed by atoms with Crippen LogP contribution in [0.15, 0.2) is 6.07 Å². The van der Waals surface area contributed by atoms with Crippen molar-refractivity contribution in [1.82, 2.24) is 0 Å². The van der Waals surface area contributed by atoms with Crippen LogP contribution in [0.25, 0.3) is 0 Å². The van der Waals surface area contributed by atoms with Gasteiger partial charge in [-0.15, -0.1) is 11.3 Å². The first-order valence-corrected chi connectivity index (χ1v) is 7.86. The van der Waals surface area contributed by atoms with Crippen LogP contribution in [0.5, 0.6) is 0 Å². The first-order valence-electron chi connectivity index (χ1n) is 4.39. The molecule has 1 N–H and O–H groups in total. The van der Waals surface area contributed by atoms with E-state index in [9.17, 15) is 13.5 Å². The molecule has 16 heavy (non-hydrogen) atoms. The Morgan fingerprint density at radius 3 is 2.25 bits per heavy atom. The van der Waals surface area contributed by atoms with Gasteiger partial charge >= 0.3 is 0 Å². The Bertz CT molecular complexity index is 491. The standard InChI is InChI=1S/C9H12Cl2O3S2/c1-9(2,16(3,13)14)7(12)5-4-6(10)15-8(5)11/h4,7,12H,1-3H3. The molecule has 7 heteroatoms. The van der Waals surface area contributed by atoms with Crippen molar-refractivity contribution >= 4 is 44.4 Å². The molecular weight excluding hydrogens is 291 g/mol. The number of aliphatic hydroxyl groups excluding tert-OH is 1. The molecule has 0 radical (unpaired) electrons. The summed E-state index contributed by atoms with van der Waals surface area (Å²) in [7, 11) is -3.40. The summed E-state index contributed by atoms with van der Waals surface area (Å²) in [6.07, 6.45) is -0.114. The normalized spacial score (nSPS) is 15.1. The van der Waals surface area contributed by atoms with Gasteiger partial charge in [0.15, 0.2) is 9.84 Å². The smallest absolute Gasteiger partial charge is 0.155 e. The van der Waals surface area contributed by atoms with Crippen molar-refractivity contribution in [3.05, 3.63) is 20.3 Å². The van der Waals surface area contributed by atoms with Crippen LogP contribution in [0.4, 0.5) is 0 Å². The summed E-state index contributed by atoms with van der Waals surface area (Å²) < 4.78 is 22.5. The maximum Gasteiger partial charge on any atom is 0.155 e. The van der Waals surface area contributed by atoms with E-state index in [1.807, 2.05) is 0 Å². The third kappa shape index (κ3) is 2.54. The molecule has 1 unspecified atom stereocenters. The highest BCUT2D eigenvalue weighted by Gasteiger charge is 2.40. The Morgan fingerprint density at radius 2 is 1.94 bits per heavy atom. The molecule has 1 aromatic heterocycles. The minimum absolute atomic E-state index is 0.314. The molecule has 1 aromatic rings. The lowest BCUT2D eigenvalue weighted by atomic mass is 10.0. The van der Waals surface area contributed by atoms with E-state index in [0.29, 0.717) is 14.2 Å². The minimum Gasteiger partial charge on any atom is -0.387 e. The van der Waals surface area contributed by atoms with Gasteiger partial charge in [-0.2, -0.15) is 0 Å². The molecule has 1 heterocycles. The van der Waals surface area contributed by atoms with Gasteiger partial charge in [-0.3, -0.25) is 0 Å². The quantitative estimate of drug-likeness (QED) is 0.934. The first kappa shape index (κ1) is 14.3. The van der Waals surface area contributed by atoms with Crippen molar-refractivity contribution in [1.29, 1.82) is 0 Å². The van der Waals surface area contributed by atoms with Crippen LogP contribution in [-0.4, -0.2) is 24.5 Å². The average Bonchev–Trinajstić information content (AvgIpc) is 2.41. The lowest BCUT2D eigenvalue weighted by Gasteiger charge is -2.28. The van der Waals surface area contributed by atoms with Crippen molar-refractivity contribution in [3.63, 3.8) is 0 Å². The summed E-state index contributed by atoms with van der Waals surface area (Å²) in [5, 5.41) is 10.1. The fourth-order valence-electron chi connectivity index (χ4n) is 1.12. The van der Waals surface area contributed by atoms with Crippen LogP contribution in [0.3, 0.4) is 0 Å². The highest BCUT2D eigenvalue weighted by Crippen LogP contribution is 2.41. The SMILES string of the molecule is CC(C)(C(O)c1cc(Cl)sc1Cl)S(C)(=O)=O. The Labute approximate surface area is 109 Å². The largest absolute Gasteiger partial charge is 0.387 e. The molecule has 0 aliphatic carbocycles. The van der Waals surface area contributed by atoms with E-state index < -0.39 is 20.7 Å². The highest BCUT2D eigenvalue weighted by atomic mass is 35.5. The zero-order chi connectivity index (χ0) is 12.7. The Balaban J connectivity index is 3.22. The zero-order valence-corrected chi connectivity index (χ0v) is 12.1. The van der Waals surface area contributed by atoms with E-state index in [0.717, 1.165) is 17.6 Å². The molecular formula is C9H12Cl2O3S2. The fraction of sp³-hybridized carbons (Fsp3) is 0.556. The van der Waals surface area contributed by atoms with E-state index >= 15 is 0 Å². The molecule has 0 saturated heterocycles. The van der Waals surface area contributed by atoms with E-state index in [1.165, 1.54) is 19.9 Å². The molecule has 1 rings (SSSR count). The Morgan fingerprint density at radius 1 is 1.44 bits per heavy atom. The van der Waals surface area contributed by atoms with Crippen LogP contribution in [0.1, 0.15) is 25.5 Å². The van der Waals surface area contributed by atoms with Gasteiger partial charge in [-0.05, 0) is 19.9 Å². The monoisotopic (exact) mass is 302 g/mol. The molecule has 0 amide bonds. The predicted molar refractivity (Wildman–Crippen MR) is 68.2 cm³/mol. The van der Waals surface area contributed by atoms with Crippen LogP contribution < -0.4 is 0 Å². The molecule has 0 aromatic carbocycles. The maximum atomic E-state index is 11.6. The average molecular weight is 303 g/mol. The van der Waals surface area contributed by atoms with E-state index in [1.54, 1.807) is 0 Å². The number of hydrogen-bond donors (Lipinski definition) is 1. The first-order chi connectivity index (χ1) is 7.07. The topological polar surface area (TPSA) is 54.4 Å². The third-order valence-corrected chi connectivity index (χ3v) is 6.24. The van der Waals surface area contributed by atoms with Gasteiger partial charge in [0, 0.05) is 11.8 Å². The van der Waals surface area contributed by atoms with Crippen molar-refractivity contribution in [2.75, 3.05) is 6.26 Å². The van der Waals surface area contributed by atoms with Crippen molar-refractivity contribution in [2.24, 2.45) is 0 Å². The number of rotatable bonds is 3. The molecule has 1 atom stereocenters. The van der Waals surface area contributed by atoms with Gasteiger partial charge in [-0.1, -0.05) is 23.2 Å². The van der Waals surface area contributed by atoms with Crippen LogP contribution in [0.2, 0.25) is 8.67 Å². The fourth-order valence-corrected chi connectivity index (χ4v) is 3.17. The number of aliphatic hydroxyl groups is 1. The van der Waals surface area contributed by atoms with Crippen molar-refractivity contribution in [2.45, 2.75) is 24.7 Å². The lowest BCUT2D eigenvalue weighted by Crippen LogP contribution is -2.37. The molecule has 0 saturated carbocycles. The summed E-state index contributed by atoms with van der Waals surface area (Å²) in [6, 6.07) is 1.49. The van der Waals surface area contributed by atoms with Crippen molar-refractivity contribution in [3.8, 4) is 0 Å². The Hall–Kier alpha value is 0.190. The van der Waals surface area contributed by atoms with Gasteiger partial charge in [0.1, 0.15) is 10.4 Å². The van der Waals surface area contributed by atoms with Crippen LogP contribution >= 0.6 is 34.5 Å². The lowest BCUT2D eigenvalue weighted by molar-refractivity contribution is 0.140. The zero-order valence-electron chi connectivity index (χ0n) is 8.99. The maximum absolute atomic E-state index is 11.6. The van der Waals surface area contributed by atoms with Gasteiger partial charge in [0.2, 0.25) is 0 Å². The van der Waals surface area contributed by atoms with Gasteiger partial charge in [-0.25, -0.2) is 8.42 Å². The van der Waals surface area contributed by atoms with Crippen molar-refractivity contribution < 1.29 is 13.5 Å². The summed E-state index contributed by atoms with van der Waals surface area (Å²) in [5.41, 5.74) is 0.354. The molecule has 0 fully saturated rings. The number of hydrogen-bond acceptors (Lipinski definition) is 4.